The number of rotatable bonds is 10. The summed E-state index contributed by atoms with van der Waals surface area (Å²) in [5.41, 5.74) is 1.57. The standard InChI is InChI=1S/C22H24Cl4N2O2S/c1-3-9-27-22(30)14(2)28(11-15-7-8-19(25)20(26)10-15)21(29)13-31-12-16-17(23)5-4-6-18(16)24/h4-8,10,14H,3,9,11-13H2,1-2H3,(H,27,30)/t14-/m0/s1. The zero-order valence-electron chi connectivity index (χ0n) is 17.3. The van der Waals surface area contributed by atoms with Crippen molar-refractivity contribution < 1.29 is 9.59 Å². The Hall–Kier alpha value is -1.11. The molecule has 2 rings (SSSR count). The summed E-state index contributed by atoms with van der Waals surface area (Å²) in [5, 5.41) is 4.81. The molecule has 0 unspecified atom stereocenters. The maximum Gasteiger partial charge on any atom is 0.242 e. The number of halogens is 4. The molecule has 1 atom stereocenters. The lowest BCUT2D eigenvalue weighted by atomic mass is 10.1. The molecule has 2 amide bonds. The molecular weight excluding hydrogens is 498 g/mol. The minimum absolute atomic E-state index is 0.168. The van der Waals surface area contributed by atoms with Gasteiger partial charge in [-0.3, -0.25) is 9.59 Å². The molecule has 4 nitrogen and oxygen atoms in total. The normalized spacial score (nSPS) is 11.8. The summed E-state index contributed by atoms with van der Waals surface area (Å²) in [7, 11) is 0. The quantitative estimate of drug-likeness (QED) is 0.389. The van der Waals surface area contributed by atoms with E-state index in [2.05, 4.69) is 5.32 Å². The largest absolute Gasteiger partial charge is 0.354 e. The minimum atomic E-state index is -0.641. The second-order valence-corrected chi connectivity index (χ2v) is 9.54. The minimum Gasteiger partial charge on any atom is -0.354 e. The van der Waals surface area contributed by atoms with E-state index in [1.54, 1.807) is 48.2 Å². The van der Waals surface area contributed by atoms with E-state index in [0.717, 1.165) is 17.5 Å². The van der Waals surface area contributed by atoms with Gasteiger partial charge in [-0.15, -0.1) is 11.8 Å². The van der Waals surface area contributed by atoms with Gasteiger partial charge in [-0.25, -0.2) is 0 Å². The number of carbonyl (C=O) groups excluding carboxylic acids is 2. The van der Waals surface area contributed by atoms with E-state index in [9.17, 15) is 9.59 Å². The van der Waals surface area contributed by atoms with E-state index in [4.69, 9.17) is 46.4 Å². The van der Waals surface area contributed by atoms with Crippen LogP contribution in [0.3, 0.4) is 0 Å². The van der Waals surface area contributed by atoms with Gasteiger partial charge in [-0.1, -0.05) is 65.5 Å². The third-order valence-corrected chi connectivity index (χ3v) is 6.98. The van der Waals surface area contributed by atoms with Gasteiger partial charge in [-0.2, -0.15) is 0 Å². The average Bonchev–Trinajstić information content (AvgIpc) is 2.74. The first kappa shape index (κ1) is 26.1. The van der Waals surface area contributed by atoms with Crippen molar-refractivity contribution in [3.63, 3.8) is 0 Å². The van der Waals surface area contributed by atoms with E-state index in [1.165, 1.54) is 11.8 Å². The first-order chi connectivity index (χ1) is 14.7. The van der Waals surface area contributed by atoms with Crippen molar-refractivity contribution in [2.45, 2.75) is 38.6 Å². The summed E-state index contributed by atoms with van der Waals surface area (Å²) in [4.78, 5) is 27.2. The van der Waals surface area contributed by atoms with E-state index in [-0.39, 0.29) is 24.1 Å². The Kier molecular flexibility index (Phi) is 10.8. The molecule has 0 bridgehead atoms. The molecule has 0 aliphatic rings. The molecule has 0 heterocycles. The predicted molar refractivity (Wildman–Crippen MR) is 132 cm³/mol. The molecular formula is C22H24Cl4N2O2S. The summed E-state index contributed by atoms with van der Waals surface area (Å²) < 4.78 is 0. The number of nitrogens with one attached hydrogen (secondary N) is 1. The number of benzene rings is 2. The second kappa shape index (κ2) is 12.8. The molecule has 1 N–H and O–H groups in total. The maximum atomic E-state index is 13.1. The average molecular weight is 522 g/mol. The Balaban J connectivity index is 2.12. The van der Waals surface area contributed by atoms with Gasteiger partial charge in [0.15, 0.2) is 0 Å². The third kappa shape index (κ3) is 7.76. The van der Waals surface area contributed by atoms with Gasteiger partial charge in [0.25, 0.3) is 0 Å². The fraction of sp³-hybridized carbons (Fsp3) is 0.364. The van der Waals surface area contributed by atoms with Gasteiger partial charge < -0.3 is 10.2 Å². The molecule has 0 fully saturated rings. The molecule has 0 aromatic heterocycles. The molecule has 0 spiro atoms. The highest BCUT2D eigenvalue weighted by atomic mass is 35.5. The van der Waals surface area contributed by atoms with Crippen LogP contribution in [0.2, 0.25) is 20.1 Å². The van der Waals surface area contributed by atoms with Gasteiger partial charge in [0.05, 0.1) is 15.8 Å². The molecule has 31 heavy (non-hydrogen) atoms. The van der Waals surface area contributed by atoms with Gasteiger partial charge in [0.1, 0.15) is 6.04 Å². The zero-order valence-corrected chi connectivity index (χ0v) is 21.1. The summed E-state index contributed by atoms with van der Waals surface area (Å²) in [6.45, 7) is 4.48. The van der Waals surface area contributed by atoms with Crippen LogP contribution < -0.4 is 5.32 Å². The van der Waals surface area contributed by atoms with Gasteiger partial charge in [-0.05, 0) is 48.7 Å². The van der Waals surface area contributed by atoms with Crippen molar-refractivity contribution in [2.75, 3.05) is 12.3 Å². The van der Waals surface area contributed by atoms with Crippen LogP contribution in [-0.4, -0.2) is 35.1 Å². The first-order valence-electron chi connectivity index (χ1n) is 9.76. The Morgan fingerprint density at radius 3 is 2.32 bits per heavy atom. The lowest BCUT2D eigenvalue weighted by Gasteiger charge is -2.29. The van der Waals surface area contributed by atoms with Crippen LogP contribution in [0.25, 0.3) is 0 Å². The Labute approximate surface area is 207 Å². The van der Waals surface area contributed by atoms with Crippen LogP contribution in [0.5, 0.6) is 0 Å². The molecule has 0 aliphatic heterocycles. The van der Waals surface area contributed by atoms with Crippen LogP contribution in [0, 0.1) is 0 Å². The Bertz CT molecular complexity index is 906. The third-order valence-electron chi connectivity index (χ3n) is 4.59. The maximum absolute atomic E-state index is 13.1. The smallest absolute Gasteiger partial charge is 0.242 e. The number of carbonyl (C=O) groups is 2. The van der Waals surface area contributed by atoms with Crippen molar-refractivity contribution in [2.24, 2.45) is 0 Å². The van der Waals surface area contributed by atoms with Crippen LogP contribution in [-0.2, 0) is 21.9 Å². The number of nitrogens with zero attached hydrogens (tertiary/aromatic N) is 1. The zero-order chi connectivity index (χ0) is 23.0. The molecule has 0 aliphatic carbocycles. The summed E-state index contributed by atoms with van der Waals surface area (Å²) >= 11 is 25.9. The number of thioether (sulfide) groups is 1. The number of hydrogen-bond acceptors (Lipinski definition) is 3. The Morgan fingerprint density at radius 1 is 1.03 bits per heavy atom. The Morgan fingerprint density at radius 2 is 1.71 bits per heavy atom. The monoisotopic (exact) mass is 520 g/mol. The van der Waals surface area contributed by atoms with Crippen LogP contribution in [0.15, 0.2) is 36.4 Å². The van der Waals surface area contributed by atoms with Crippen LogP contribution in [0.4, 0.5) is 0 Å². The lowest BCUT2D eigenvalue weighted by molar-refractivity contribution is -0.138. The predicted octanol–water partition coefficient (Wildman–Crippen LogP) is 6.48. The highest BCUT2D eigenvalue weighted by molar-refractivity contribution is 7.99. The van der Waals surface area contributed by atoms with Gasteiger partial charge in [0.2, 0.25) is 11.8 Å². The fourth-order valence-electron chi connectivity index (χ4n) is 2.81. The van der Waals surface area contributed by atoms with E-state index in [1.807, 2.05) is 6.92 Å². The van der Waals surface area contributed by atoms with E-state index >= 15 is 0 Å². The first-order valence-corrected chi connectivity index (χ1v) is 12.4. The van der Waals surface area contributed by atoms with Crippen LogP contribution in [0.1, 0.15) is 31.4 Å². The van der Waals surface area contributed by atoms with Crippen molar-refractivity contribution >= 4 is 70.0 Å². The van der Waals surface area contributed by atoms with Crippen molar-refractivity contribution in [1.29, 1.82) is 0 Å². The molecule has 0 radical (unpaired) electrons. The fourth-order valence-corrected chi connectivity index (χ4v) is 4.77. The van der Waals surface area contributed by atoms with Crippen molar-refractivity contribution in [3.05, 3.63) is 67.6 Å². The summed E-state index contributed by atoms with van der Waals surface area (Å²) in [6.07, 6.45) is 0.813. The van der Waals surface area contributed by atoms with E-state index in [0.29, 0.717) is 32.4 Å². The van der Waals surface area contributed by atoms with E-state index < -0.39 is 6.04 Å². The molecule has 168 valence electrons. The molecule has 2 aromatic rings. The molecule has 0 saturated heterocycles. The highest BCUT2D eigenvalue weighted by Gasteiger charge is 2.26. The van der Waals surface area contributed by atoms with Gasteiger partial charge in [0, 0.05) is 28.9 Å². The highest BCUT2D eigenvalue weighted by Crippen LogP contribution is 2.29. The summed E-state index contributed by atoms with van der Waals surface area (Å²) in [5.74, 6) is 0.294. The molecule has 2 aromatic carbocycles. The SMILES string of the molecule is CCCNC(=O)[C@H](C)N(Cc1ccc(Cl)c(Cl)c1)C(=O)CSCc1c(Cl)cccc1Cl. The molecule has 9 heteroatoms. The molecule has 0 saturated carbocycles. The number of hydrogen-bond donors (Lipinski definition) is 1. The topological polar surface area (TPSA) is 49.4 Å². The lowest BCUT2D eigenvalue weighted by Crippen LogP contribution is -2.48. The van der Waals surface area contributed by atoms with Crippen molar-refractivity contribution in [1.82, 2.24) is 10.2 Å². The van der Waals surface area contributed by atoms with Crippen LogP contribution >= 0.6 is 58.2 Å². The second-order valence-electron chi connectivity index (χ2n) is 6.93. The van der Waals surface area contributed by atoms with Gasteiger partial charge >= 0.3 is 0 Å². The van der Waals surface area contributed by atoms with Crippen molar-refractivity contribution in [3.8, 4) is 0 Å². The number of amides is 2. The summed E-state index contributed by atoms with van der Waals surface area (Å²) in [6, 6.07) is 9.85.